The zero-order valence-corrected chi connectivity index (χ0v) is 23.6. The lowest BCUT2D eigenvalue weighted by molar-refractivity contribution is -0.142. The van der Waals surface area contributed by atoms with Gasteiger partial charge in [0.1, 0.15) is 0 Å². The predicted octanol–water partition coefficient (Wildman–Crippen LogP) is 8.61. The van der Waals surface area contributed by atoms with E-state index in [9.17, 15) is 28.2 Å². The predicted molar refractivity (Wildman–Crippen MR) is 147 cm³/mol. The minimum absolute atomic E-state index is 0.214. The summed E-state index contributed by atoms with van der Waals surface area (Å²) in [7, 11) is 0. The molecule has 0 heterocycles. The maximum Gasteiger partial charge on any atom is 0.416 e. The van der Waals surface area contributed by atoms with Crippen LogP contribution in [0.5, 0.6) is 0 Å². The van der Waals surface area contributed by atoms with Crippen molar-refractivity contribution in [1.29, 1.82) is 0 Å². The van der Waals surface area contributed by atoms with E-state index in [0.717, 1.165) is 43.7 Å². The van der Waals surface area contributed by atoms with Crippen LogP contribution in [0.15, 0.2) is 30.3 Å². The number of carboxylic acids is 1. The van der Waals surface area contributed by atoms with Gasteiger partial charge in [0, 0.05) is 6.42 Å². The highest BCUT2D eigenvalue weighted by Gasteiger charge is 2.61. The summed E-state index contributed by atoms with van der Waals surface area (Å²) in [5.41, 5.74) is -0.377. The van der Waals surface area contributed by atoms with Crippen LogP contribution < -0.4 is 0 Å². The van der Waals surface area contributed by atoms with Gasteiger partial charge in [0.15, 0.2) is 0 Å². The molecule has 1 aromatic rings. The molecule has 4 aliphatic carbocycles. The number of aliphatic hydroxyl groups is 1. The molecular formula is C33H45F3O3. The molecule has 0 saturated heterocycles. The van der Waals surface area contributed by atoms with E-state index in [4.69, 9.17) is 0 Å². The second kappa shape index (κ2) is 10.2. The van der Waals surface area contributed by atoms with Crippen LogP contribution in [0.1, 0.15) is 103 Å². The fourth-order valence-corrected chi connectivity index (χ4v) is 9.99. The molecule has 4 aliphatic rings. The second-order valence-corrected chi connectivity index (χ2v) is 14.1. The number of alkyl halides is 3. The first-order valence-corrected chi connectivity index (χ1v) is 15.1. The van der Waals surface area contributed by atoms with Crippen molar-refractivity contribution >= 4 is 12.0 Å². The lowest BCUT2D eigenvalue weighted by atomic mass is 9.43. The van der Waals surface area contributed by atoms with Crippen molar-refractivity contribution in [3.8, 4) is 0 Å². The molecular weight excluding hydrogens is 501 g/mol. The fourth-order valence-electron chi connectivity index (χ4n) is 9.99. The van der Waals surface area contributed by atoms with Gasteiger partial charge in [0.25, 0.3) is 0 Å². The molecule has 0 unspecified atom stereocenters. The van der Waals surface area contributed by atoms with Gasteiger partial charge in [0.05, 0.1) is 11.2 Å². The van der Waals surface area contributed by atoms with Gasteiger partial charge in [-0.1, -0.05) is 45.1 Å². The number of fused-ring (bicyclic) bond motifs is 5. The van der Waals surface area contributed by atoms with E-state index in [1.54, 1.807) is 6.08 Å². The zero-order valence-electron chi connectivity index (χ0n) is 23.6. The summed E-state index contributed by atoms with van der Waals surface area (Å²) < 4.78 is 38.7. The Morgan fingerprint density at radius 2 is 1.69 bits per heavy atom. The molecule has 39 heavy (non-hydrogen) atoms. The van der Waals surface area contributed by atoms with Crippen LogP contribution in [0.4, 0.5) is 13.2 Å². The third-order valence-corrected chi connectivity index (χ3v) is 12.2. The van der Waals surface area contributed by atoms with Gasteiger partial charge in [-0.15, -0.1) is 0 Å². The Kier molecular flexibility index (Phi) is 7.52. The minimum atomic E-state index is -4.35. The monoisotopic (exact) mass is 546 g/mol. The van der Waals surface area contributed by atoms with Crippen molar-refractivity contribution in [2.75, 3.05) is 0 Å². The second-order valence-electron chi connectivity index (χ2n) is 14.1. The molecule has 3 nitrogen and oxygen atoms in total. The molecule has 4 saturated carbocycles. The van der Waals surface area contributed by atoms with Gasteiger partial charge >= 0.3 is 12.1 Å². The van der Waals surface area contributed by atoms with E-state index in [0.29, 0.717) is 47.0 Å². The van der Waals surface area contributed by atoms with Crippen LogP contribution in [0.2, 0.25) is 0 Å². The van der Waals surface area contributed by atoms with Crippen molar-refractivity contribution in [2.24, 2.45) is 46.3 Å². The number of halogens is 3. The molecule has 9 atom stereocenters. The molecule has 0 amide bonds. The Bertz CT molecular complexity index is 1080. The molecule has 0 radical (unpaired) electrons. The third kappa shape index (κ3) is 5.31. The fraction of sp³-hybridized carbons (Fsp3) is 0.727. The summed E-state index contributed by atoms with van der Waals surface area (Å²) in [6.07, 6.45) is 9.97. The summed E-state index contributed by atoms with van der Waals surface area (Å²) in [4.78, 5) is 11.2. The van der Waals surface area contributed by atoms with Crippen molar-refractivity contribution in [3.05, 3.63) is 41.5 Å². The maximum atomic E-state index is 12.9. The quantitative estimate of drug-likeness (QED) is 0.376. The Morgan fingerprint density at radius 3 is 2.36 bits per heavy atom. The zero-order chi connectivity index (χ0) is 28.2. The van der Waals surface area contributed by atoms with Crippen molar-refractivity contribution in [1.82, 2.24) is 0 Å². The Hall–Kier alpha value is -1.82. The van der Waals surface area contributed by atoms with Gasteiger partial charge in [0.2, 0.25) is 0 Å². The molecule has 216 valence electrons. The topological polar surface area (TPSA) is 57.5 Å². The number of aliphatic carboxylic acids is 1. The van der Waals surface area contributed by atoms with Gasteiger partial charge in [-0.25, -0.2) is 0 Å². The average Bonchev–Trinajstić information content (AvgIpc) is 3.24. The number of carbonyl (C=O) groups is 1. The first-order valence-electron chi connectivity index (χ1n) is 15.1. The molecule has 0 spiro atoms. The van der Waals surface area contributed by atoms with Crippen LogP contribution in [0, 0.1) is 46.3 Å². The lowest BCUT2D eigenvalue weighted by Crippen LogP contribution is -2.55. The number of carboxylic acid groups (broad SMARTS) is 1. The summed E-state index contributed by atoms with van der Waals surface area (Å²) in [6, 6.07) is 5.13. The van der Waals surface area contributed by atoms with Gasteiger partial charge in [-0.3, -0.25) is 4.79 Å². The van der Waals surface area contributed by atoms with Crippen molar-refractivity contribution in [3.63, 3.8) is 0 Å². The smallest absolute Gasteiger partial charge is 0.416 e. The Balaban J connectivity index is 1.26. The molecule has 5 rings (SSSR count). The molecule has 0 bridgehead atoms. The van der Waals surface area contributed by atoms with E-state index in [1.807, 2.05) is 6.08 Å². The highest BCUT2D eigenvalue weighted by molar-refractivity contribution is 5.66. The average molecular weight is 547 g/mol. The summed E-state index contributed by atoms with van der Waals surface area (Å²) in [6.45, 7) is 7.24. The van der Waals surface area contributed by atoms with Crippen LogP contribution in [0.3, 0.4) is 0 Å². The summed E-state index contributed by atoms with van der Waals surface area (Å²) >= 11 is 0. The number of benzene rings is 1. The van der Waals surface area contributed by atoms with Gasteiger partial charge in [-0.2, -0.15) is 13.2 Å². The van der Waals surface area contributed by atoms with Crippen LogP contribution >= 0.6 is 0 Å². The highest BCUT2D eigenvalue weighted by atomic mass is 19.4. The molecule has 2 N–H and O–H groups in total. The maximum absolute atomic E-state index is 12.9. The number of rotatable bonds is 6. The van der Waals surface area contributed by atoms with Gasteiger partial charge in [-0.05, 0) is 128 Å². The van der Waals surface area contributed by atoms with E-state index in [1.165, 1.54) is 44.2 Å². The standard InChI is InChI=1S/C33H45F3O3/c1-21(4-13-29(37)38)26-11-12-27-25-10-9-24-20-32(39,17-14-22-5-7-23(8-6-22)33(34,35)36)19-18-30(24,2)28(25)15-16-31(26,27)3/h5-8,14,17,21,24-28,39H,4,9-13,15-16,18-20H2,1-3H3,(H,37,38)/b17-14+/t21-,24-,25+,26-,27+,28+,30+,31-,32+/m1/s1. The molecule has 1 aromatic carbocycles. The lowest BCUT2D eigenvalue weighted by Gasteiger charge is -2.62. The molecule has 6 heteroatoms. The van der Waals surface area contributed by atoms with Crippen molar-refractivity contribution < 1.29 is 28.2 Å². The first-order chi connectivity index (χ1) is 18.3. The van der Waals surface area contributed by atoms with E-state index >= 15 is 0 Å². The SMILES string of the molecule is C[C@H](CCC(=O)O)[C@H]1CC[C@H]2[C@@H]3CC[C@@H]4C[C@](O)(/C=C/c5ccc(C(F)(F)F)cc5)CC[C@]4(C)[C@H]3CC[C@]12C. The number of hydrogen-bond donors (Lipinski definition) is 2. The number of hydrogen-bond acceptors (Lipinski definition) is 2. The van der Waals surface area contributed by atoms with E-state index < -0.39 is 23.3 Å². The summed E-state index contributed by atoms with van der Waals surface area (Å²) in [5.74, 6) is 2.92. The van der Waals surface area contributed by atoms with Crippen LogP contribution in [-0.4, -0.2) is 21.8 Å². The van der Waals surface area contributed by atoms with Crippen LogP contribution in [0.25, 0.3) is 6.08 Å². The summed E-state index contributed by atoms with van der Waals surface area (Å²) in [5, 5.41) is 20.7. The molecule has 0 aromatic heterocycles. The van der Waals surface area contributed by atoms with Crippen LogP contribution in [-0.2, 0) is 11.0 Å². The highest BCUT2D eigenvalue weighted by Crippen LogP contribution is 2.69. The Labute approximate surface area is 231 Å². The van der Waals surface area contributed by atoms with E-state index in [-0.39, 0.29) is 11.8 Å². The van der Waals surface area contributed by atoms with Crippen molar-refractivity contribution in [2.45, 2.75) is 103 Å². The van der Waals surface area contributed by atoms with E-state index in [2.05, 4.69) is 20.8 Å². The largest absolute Gasteiger partial charge is 0.481 e. The minimum Gasteiger partial charge on any atom is -0.481 e. The third-order valence-electron chi connectivity index (χ3n) is 12.2. The van der Waals surface area contributed by atoms with Gasteiger partial charge < -0.3 is 10.2 Å². The Morgan fingerprint density at radius 1 is 1.00 bits per heavy atom. The molecule has 0 aliphatic heterocycles. The molecule has 4 fully saturated rings. The first kappa shape index (κ1) is 28.7. The normalized spacial score (nSPS) is 41.1.